The minimum atomic E-state index is -0.386. The van der Waals surface area contributed by atoms with Gasteiger partial charge in [-0.2, -0.15) is 0 Å². The fourth-order valence-electron chi connectivity index (χ4n) is 2.79. The van der Waals surface area contributed by atoms with Gasteiger partial charge in [-0.25, -0.2) is 4.98 Å². The molecule has 1 saturated heterocycles. The van der Waals surface area contributed by atoms with Crippen molar-refractivity contribution in [3.05, 3.63) is 34.4 Å². The van der Waals surface area contributed by atoms with Crippen molar-refractivity contribution in [2.75, 3.05) is 37.8 Å². The van der Waals surface area contributed by atoms with Crippen LogP contribution in [0.1, 0.15) is 25.5 Å². The quantitative estimate of drug-likeness (QED) is 0.257. The molecule has 1 aliphatic heterocycles. The summed E-state index contributed by atoms with van der Waals surface area (Å²) in [5.41, 5.74) is 6.66. The highest BCUT2D eigenvalue weighted by Crippen LogP contribution is 2.19. The molecule has 2 aromatic rings. The third-order valence-corrected chi connectivity index (χ3v) is 4.24. The number of hydrogen-bond donors (Lipinski definition) is 2. The summed E-state index contributed by atoms with van der Waals surface area (Å²) in [6.07, 6.45) is 3.44. The van der Waals surface area contributed by atoms with Gasteiger partial charge in [0.15, 0.2) is 11.5 Å². The fourth-order valence-corrected chi connectivity index (χ4v) is 2.79. The molecule has 3 heterocycles. The molecule has 2 aromatic heterocycles. The molecule has 0 atom stereocenters. The van der Waals surface area contributed by atoms with Gasteiger partial charge in [-0.15, -0.1) is 0 Å². The van der Waals surface area contributed by atoms with E-state index in [0.717, 1.165) is 31.6 Å². The van der Waals surface area contributed by atoms with Gasteiger partial charge in [-0.1, -0.05) is 18.5 Å². The van der Waals surface area contributed by atoms with Gasteiger partial charge in [-0.3, -0.25) is 9.20 Å². The van der Waals surface area contributed by atoms with Gasteiger partial charge in [0.25, 0.3) is 0 Å². The molecule has 0 spiro atoms. The van der Waals surface area contributed by atoms with Crippen molar-refractivity contribution < 1.29 is 14.7 Å². The van der Waals surface area contributed by atoms with Crippen LogP contribution in [0.25, 0.3) is 5.65 Å². The molecule has 9 heteroatoms. The number of pyridine rings is 1. The van der Waals surface area contributed by atoms with E-state index in [-0.39, 0.29) is 22.8 Å². The van der Waals surface area contributed by atoms with E-state index in [2.05, 4.69) is 15.0 Å². The molecule has 3 rings (SSSR count). The molecule has 0 amide bonds. The van der Waals surface area contributed by atoms with E-state index in [1.807, 2.05) is 13.0 Å². The van der Waals surface area contributed by atoms with Crippen molar-refractivity contribution in [1.82, 2.24) is 9.38 Å². The Morgan fingerprint density at radius 3 is 2.88 bits per heavy atom. The van der Waals surface area contributed by atoms with E-state index >= 15 is 0 Å². The minimum Gasteiger partial charge on any atom is -0.486 e. The van der Waals surface area contributed by atoms with Gasteiger partial charge in [0.05, 0.1) is 25.5 Å². The van der Waals surface area contributed by atoms with Gasteiger partial charge >= 0.3 is 5.56 Å². The number of aromatic nitrogens is 2. The SMILES string of the molecule is CCCCOc1c(/C(N)=N/O)nc2ccc(N3CCOCC3)cn2c1=O. The number of fused-ring (bicyclic) bond motifs is 1. The van der Waals surface area contributed by atoms with E-state index in [1.54, 1.807) is 12.3 Å². The maximum atomic E-state index is 13.0. The number of rotatable bonds is 6. The molecular formula is C17H23N5O4. The van der Waals surface area contributed by atoms with Crippen LogP contribution in [0.15, 0.2) is 28.3 Å². The lowest BCUT2D eigenvalue weighted by Crippen LogP contribution is -2.36. The number of hydrogen-bond acceptors (Lipinski definition) is 7. The van der Waals surface area contributed by atoms with Crippen LogP contribution in [0.5, 0.6) is 5.75 Å². The molecule has 0 aromatic carbocycles. The first-order valence-corrected chi connectivity index (χ1v) is 8.65. The molecule has 140 valence electrons. The second-order valence-corrected chi connectivity index (χ2v) is 6.00. The molecule has 1 aliphatic rings. The summed E-state index contributed by atoms with van der Waals surface area (Å²) in [5.74, 6) is -0.265. The lowest BCUT2D eigenvalue weighted by Gasteiger charge is -2.28. The highest BCUT2D eigenvalue weighted by Gasteiger charge is 2.19. The highest BCUT2D eigenvalue weighted by molar-refractivity contribution is 5.98. The number of ether oxygens (including phenoxy) is 2. The Balaban J connectivity index is 2.08. The van der Waals surface area contributed by atoms with Crippen LogP contribution in [-0.2, 0) is 4.74 Å². The van der Waals surface area contributed by atoms with Crippen molar-refractivity contribution in [2.45, 2.75) is 19.8 Å². The number of oxime groups is 1. The Kier molecular flexibility index (Phi) is 5.57. The van der Waals surface area contributed by atoms with E-state index < -0.39 is 0 Å². The zero-order chi connectivity index (χ0) is 18.5. The van der Waals surface area contributed by atoms with Crippen LogP contribution < -0.4 is 20.9 Å². The Hall–Kier alpha value is -2.81. The lowest BCUT2D eigenvalue weighted by molar-refractivity contribution is 0.122. The van der Waals surface area contributed by atoms with Crippen molar-refractivity contribution in [2.24, 2.45) is 10.9 Å². The van der Waals surface area contributed by atoms with Crippen LogP contribution in [0, 0.1) is 0 Å². The molecule has 1 fully saturated rings. The number of unbranched alkanes of at least 4 members (excludes halogenated alkanes) is 1. The second kappa shape index (κ2) is 8.05. The minimum absolute atomic E-state index is 0.00891. The fraction of sp³-hybridized carbons (Fsp3) is 0.471. The zero-order valence-electron chi connectivity index (χ0n) is 14.7. The standard InChI is InChI=1S/C17H23N5O4/c1-2-3-8-26-15-14(16(18)20-24)19-13-5-4-12(11-22(13)17(15)23)21-6-9-25-10-7-21/h4-5,11,24H,2-3,6-10H2,1H3,(H2,18,20). The van der Waals surface area contributed by atoms with Crippen molar-refractivity contribution in [3.63, 3.8) is 0 Å². The predicted octanol–water partition coefficient (Wildman–Crippen LogP) is 0.804. The van der Waals surface area contributed by atoms with E-state index in [1.165, 1.54) is 4.40 Å². The molecule has 9 nitrogen and oxygen atoms in total. The summed E-state index contributed by atoms with van der Waals surface area (Å²) in [6, 6.07) is 3.62. The number of anilines is 1. The Bertz CT molecular complexity index is 858. The van der Waals surface area contributed by atoms with Crippen molar-refractivity contribution in [3.8, 4) is 5.75 Å². The first kappa shape index (κ1) is 18.0. The van der Waals surface area contributed by atoms with Crippen LogP contribution in [0.4, 0.5) is 5.69 Å². The smallest absolute Gasteiger partial charge is 0.301 e. The topological polar surface area (TPSA) is 115 Å². The van der Waals surface area contributed by atoms with Gasteiger partial charge < -0.3 is 25.3 Å². The molecule has 26 heavy (non-hydrogen) atoms. The molecule has 0 saturated carbocycles. The largest absolute Gasteiger partial charge is 0.486 e. The summed E-state index contributed by atoms with van der Waals surface area (Å²) in [4.78, 5) is 19.5. The van der Waals surface area contributed by atoms with Gasteiger partial charge in [-0.05, 0) is 18.6 Å². The molecule has 0 radical (unpaired) electrons. The number of morpholine rings is 1. The Labute approximate surface area is 150 Å². The molecule has 0 aliphatic carbocycles. The average Bonchev–Trinajstić information content (AvgIpc) is 2.69. The third kappa shape index (κ3) is 3.57. The first-order chi connectivity index (χ1) is 12.7. The molecule has 3 N–H and O–H groups in total. The maximum Gasteiger partial charge on any atom is 0.301 e. The number of amidine groups is 1. The van der Waals surface area contributed by atoms with Crippen LogP contribution in [-0.4, -0.2) is 53.3 Å². The first-order valence-electron chi connectivity index (χ1n) is 8.65. The lowest BCUT2D eigenvalue weighted by atomic mass is 10.3. The van der Waals surface area contributed by atoms with Gasteiger partial charge in [0.2, 0.25) is 5.75 Å². The summed E-state index contributed by atoms with van der Waals surface area (Å²) in [6.45, 7) is 5.20. The third-order valence-electron chi connectivity index (χ3n) is 4.24. The van der Waals surface area contributed by atoms with Crippen LogP contribution in [0.2, 0.25) is 0 Å². The Morgan fingerprint density at radius 1 is 1.42 bits per heavy atom. The molecule has 0 unspecified atom stereocenters. The normalized spacial score (nSPS) is 15.4. The predicted molar refractivity (Wildman–Crippen MR) is 97.4 cm³/mol. The zero-order valence-corrected chi connectivity index (χ0v) is 14.7. The average molecular weight is 361 g/mol. The van der Waals surface area contributed by atoms with Gasteiger partial charge in [0.1, 0.15) is 5.65 Å². The number of nitrogens with two attached hydrogens (primary N) is 1. The summed E-state index contributed by atoms with van der Waals surface area (Å²) in [5, 5.41) is 12.0. The van der Waals surface area contributed by atoms with Crippen molar-refractivity contribution >= 4 is 17.2 Å². The molecular weight excluding hydrogens is 338 g/mol. The van der Waals surface area contributed by atoms with Crippen molar-refractivity contribution in [1.29, 1.82) is 0 Å². The van der Waals surface area contributed by atoms with E-state index in [4.69, 9.17) is 20.4 Å². The maximum absolute atomic E-state index is 13.0. The van der Waals surface area contributed by atoms with E-state index in [9.17, 15) is 4.79 Å². The highest BCUT2D eigenvalue weighted by atomic mass is 16.5. The summed E-state index contributed by atoms with van der Waals surface area (Å²) < 4.78 is 12.4. The summed E-state index contributed by atoms with van der Waals surface area (Å²) in [7, 11) is 0. The second-order valence-electron chi connectivity index (χ2n) is 6.00. The summed E-state index contributed by atoms with van der Waals surface area (Å²) >= 11 is 0. The van der Waals surface area contributed by atoms with E-state index in [0.29, 0.717) is 25.5 Å². The van der Waals surface area contributed by atoms with Gasteiger partial charge in [0, 0.05) is 19.3 Å². The monoisotopic (exact) mass is 361 g/mol. The number of nitrogens with zero attached hydrogens (tertiary/aromatic N) is 4. The van der Waals surface area contributed by atoms with Crippen LogP contribution in [0.3, 0.4) is 0 Å². The Morgan fingerprint density at radius 2 is 2.19 bits per heavy atom. The molecule has 0 bridgehead atoms. The van der Waals surface area contributed by atoms with Crippen LogP contribution >= 0.6 is 0 Å².